The molecule has 0 radical (unpaired) electrons. The monoisotopic (exact) mass is 355 g/mol. The zero-order valence-corrected chi connectivity index (χ0v) is 15.0. The second-order valence-corrected chi connectivity index (χ2v) is 6.10. The molecule has 0 saturated heterocycles. The third-order valence-electron chi connectivity index (χ3n) is 3.79. The Bertz CT molecular complexity index is 917. The van der Waals surface area contributed by atoms with Crippen molar-refractivity contribution in [1.82, 2.24) is 9.78 Å². The van der Waals surface area contributed by atoms with E-state index < -0.39 is 0 Å². The van der Waals surface area contributed by atoms with Crippen LogP contribution in [0.5, 0.6) is 5.75 Å². The molecule has 1 N–H and O–H groups in total. The number of rotatable bonds is 4. The van der Waals surface area contributed by atoms with Crippen molar-refractivity contribution in [3.8, 4) is 11.4 Å². The van der Waals surface area contributed by atoms with Gasteiger partial charge in [0.1, 0.15) is 5.75 Å². The molecule has 0 aliphatic heterocycles. The van der Waals surface area contributed by atoms with Gasteiger partial charge in [-0.1, -0.05) is 11.6 Å². The predicted molar refractivity (Wildman–Crippen MR) is 99.0 cm³/mol. The molecule has 6 heteroatoms. The molecule has 0 bridgehead atoms. The molecule has 1 aromatic heterocycles. The summed E-state index contributed by atoms with van der Waals surface area (Å²) in [4.78, 5) is 12.4. The number of nitrogens with zero attached hydrogens (tertiary/aromatic N) is 2. The van der Waals surface area contributed by atoms with Crippen molar-refractivity contribution in [1.29, 1.82) is 0 Å². The second-order valence-electron chi connectivity index (χ2n) is 5.69. The van der Waals surface area contributed by atoms with Crippen molar-refractivity contribution in [2.24, 2.45) is 0 Å². The molecule has 0 saturated carbocycles. The van der Waals surface area contributed by atoms with Crippen LogP contribution in [0.4, 0.5) is 5.69 Å². The Kier molecular flexibility index (Phi) is 4.76. The van der Waals surface area contributed by atoms with Gasteiger partial charge in [0.2, 0.25) is 0 Å². The third kappa shape index (κ3) is 3.67. The van der Waals surface area contributed by atoms with E-state index in [1.54, 1.807) is 37.4 Å². The molecular weight excluding hydrogens is 338 g/mol. The van der Waals surface area contributed by atoms with Gasteiger partial charge in [-0.2, -0.15) is 5.10 Å². The number of aromatic nitrogens is 2. The second kappa shape index (κ2) is 6.99. The minimum absolute atomic E-state index is 0.207. The molecule has 0 spiro atoms. The van der Waals surface area contributed by atoms with E-state index in [2.05, 4.69) is 10.4 Å². The number of carbonyl (C=O) groups is 1. The molecule has 1 amide bonds. The number of methoxy groups -OCH3 is 1. The lowest BCUT2D eigenvalue weighted by Crippen LogP contribution is -2.12. The number of ether oxygens (including phenoxy) is 1. The van der Waals surface area contributed by atoms with Crippen molar-refractivity contribution in [3.05, 3.63) is 70.5 Å². The summed E-state index contributed by atoms with van der Waals surface area (Å²) in [7, 11) is 1.55. The molecule has 5 nitrogen and oxygen atoms in total. The van der Waals surface area contributed by atoms with Crippen LogP contribution in [-0.4, -0.2) is 22.8 Å². The van der Waals surface area contributed by atoms with Crippen LogP contribution in [0.15, 0.2) is 48.5 Å². The lowest BCUT2D eigenvalue weighted by atomic mass is 10.2. The minimum atomic E-state index is -0.207. The van der Waals surface area contributed by atoms with Gasteiger partial charge in [-0.25, -0.2) is 4.68 Å². The summed E-state index contributed by atoms with van der Waals surface area (Å²) in [5.41, 5.74) is 4.07. The number of hydrogen-bond donors (Lipinski definition) is 1. The lowest BCUT2D eigenvalue weighted by molar-refractivity contribution is 0.102. The van der Waals surface area contributed by atoms with E-state index >= 15 is 0 Å². The lowest BCUT2D eigenvalue weighted by Gasteiger charge is -2.09. The van der Waals surface area contributed by atoms with E-state index in [9.17, 15) is 4.79 Å². The average molecular weight is 356 g/mol. The molecule has 0 aliphatic carbocycles. The maximum Gasteiger partial charge on any atom is 0.255 e. The maximum atomic E-state index is 12.4. The quantitative estimate of drug-likeness (QED) is 0.754. The number of carbonyl (C=O) groups excluding carboxylic acids is 1. The van der Waals surface area contributed by atoms with Gasteiger partial charge in [0.25, 0.3) is 5.91 Å². The van der Waals surface area contributed by atoms with Crippen LogP contribution in [0.25, 0.3) is 5.69 Å². The van der Waals surface area contributed by atoms with Gasteiger partial charge in [-0.05, 0) is 62.4 Å². The first-order valence-corrected chi connectivity index (χ1v) is 8.14. The van der Waals surface area contributed by atoms with E-state index in [1.165, 1.54) is 0 Å². The molecule has 3 aromatic rings. The van der Waals surface area contributed by atoms with Crippen molar-refractivity contribution in [2.45, 2.75) is 13.8 Å². The van der Waals surface area contributed by atoms with E-state index in [1.807, 2.05) is 36.7 Å². The van der Waals surface area contributed by atoms with E-state index in [4.69, 9.17) is 16.3 Å². The predicted octanol–water partition coefficient (Wildman–Crippen LogP) is 4.40. The highest BCUT2D eigenvalue weighted by Crippen LogP contribution is 2.27. The number of benzene rings is 2. The summed E-state index contributed by atoms with van der Waals surface area (Å²) in [6, 6.07) is 14.4. The Labute approximate surface area is 151 Å². The SMILES string of the molecule is COc1ccc(NC(=O)c2ccc(-n3nc(C)cc3C)cc2)cc1Cl. The first-order valence-electron chi connectivity index (χ1n) is 7.76. The number of nitrogens with one attached hydrogen (secondary N) is 1. The number of hydrogen-bond acceptors (Lipinski definition) is 3. The van der Waals surface area contributed by atoms with Gasteiger partial charge < -0.3 is 10.1 Å². The zero-order valence-electron chi connectivity index (χ0n) is 14.2. The standard InChI is InChI=1S/C19H18ClN3O2/c1-12-10-13(2)23(22-12)16-7-4-14(5-8-16)19(24)21-15-6-9-18(25-3)17(20)11-15/h4-11H,1-3H3,(H,21,24). The van der Waals surface area contributed by atoms with Crippen LogP contribution in [0.2, 0.25) is 5.02 Å². The van der Waals surface area contributed by atoms with Crippen molar-refractivity contribution in [3.63, 3.8) is 0 Å². The van der Waals surface area contributed by atoms with Crippen molar-refractivity contribution >= 4 is 23.2 Å². The number of anilines is 1. The number of halogens is 1. The van der Waals surface area contributed by atoms with Crippen LogP contribution in [0.3, 0.4) is 0 Å². The minimum Gasteiger partial charge on any atom is -0.495 e. The molecule has 0 atom stereocenters. The van der Waals surface area contributed by atoms with Crippen LogP contribution in [-0.2, 0) is 0 Å². The molecule has 2 aromatic carbocycles. The summed E-state index contributed by atoms with van der Waals surface area (Å²) in [5, 5.41) is 7.71. The Morgan fingerprint density at radius 2 is 1.84 bits per heavy atom. The van der Waals surface area contributed by atoms with E-state index in [0.717, 1.165) is 17.1 Å². The van der Waals surface area contributed by atoms with Gasteiger partial charge in [0.15, 0.2) is 0 Å². The number of amides is 1. The smallest absolute Gasteiger partial charge is 0.255 e. The Balaban J connectivity index is 1.77. The summed E-state index contributed by atoms with van der Waals surface area (Å²) >= 11 is 6.08. The summed E-state index contributed by atoms with van der Waals surface area (Å²) in [6.07, 6.45) is 0. The van der Waals surface area contributed by atoms with Gasteiger partial charge >= 0.3 is 0 Å². The zero-order chi connectivity index (χ0) is 18.0. The largest absolute Gasteiger partial charge is 0.495 e. The normalized spacial score (nSPS) is 10.6. The highest BCUT2D eigenvalue weighted by Gasteiger charge is 2.09. The number of aryl methyl sites for hydroxylation is 2. The van der Waals surface area contributed by atoms with Gasteiger partial charge in [0, 0.05) is 16.9 Å². The molecule has 25 heavy (non-hydrogen) atoms. The molecule has 1 heterocycles. The summed E-state index contributed by atoms with van der Waals surface area (Å²) in [6.45, 7) is 3.94. The Morgan fingerprint density at radius 1 is 1.12 bits per heavy atom. The highest BCUT2D eigenvalue weighted by atomic mass is 35.5. The molecular formula is C19H18ClN3O2. The average Bonchev–Trinajstić information content (AvgIpc) is 2.93. The van der Waals surface area contributed by atoms with E-state index in [-0.39, 0.29) is 5.91 Å². The Morgan fingerprint density at radius 3 is 2.40 bits per heavy atom. The van der Waals surface area contributed by atoms with Crippen molar-refractivity contribution < 1.29 is 9.53 Å². The van der Waals surface area contributed by atoms with Crippen molar-refractivity contribution in [2.75, 3.05) is 12.4 Å². The fourth-order valence-electron chi connectivity index (χ4n) is 2.59. The van der Waals surface area contributed by atoms with Crippen LogP contribution >= 0.6 is 11.6 Å². The maximum absolute atomic E-state index is 12.4. The van der Waals surface area contributed by atoms with Gasteiger partial charge in [0.05, 0.1) is 23.5 Å². The Hall–Kier alpha value is -2.79. The topological polar surface area (TPSA) is 56.1 Å². The molecule has 0 unspecified atom stereocenters. The van der Waals surface area contributed by atoms with Crippen LogP contribution in [0.1, 0.15) is 21.7 Å². The summed E-state index contributed by atoms with van der Waals surface area (Å²) < 4.78 is 6.95. The van der Waals surface area contributed by atoms with Crippen LogP contribution < -0.4 is 10.1 Å². The molecule has 0 aliphatic rings. The fraction of sp³-hybridized carbons (Fsp3) is 0.158. The molecule has 3 rings (SSSR count). The molecule has 128 valence electrons. The molecule has 0 fully saturated rings. The highest BCUT2D eigenvalue weighted by molar-refractivity contribution is 6.32. The fourth-order valence-corrected chi connectivity index (χ4v) is 2.85. The van der Waals surface area contributed by atoms with E-state index in [0.29, 0.717) is 22.0 Å². The van der Waals surface area contributed by atoms with Gasteiger partial charge in [-0.3, -0.25) is 4.79 Å². The van der Waals surface area contributed by atoms with Crippen LogP contribution in [0, 0.1) is 13.8 Å². The van der Waals surface area contributed by atoms with Gasteiger partial charge in [-0.15, -0.1) is 0 Å². The first-order chi connectivity index (χ1) is 12.0. The first kappa shape index (κ1) is 17.0. The third-order valence-corrected chi connectivity index (χ3v) is 4.09. The summed E-state index contributed by atoms with van der Waals surface area (Å²) in [5.74, 6) is 0.357.